The topological polar surface area (TPSA) is 35.5 Å². The standard InChI is InChI=1S/C13H18F3O3PS2/c1-3-9-22-20(17,18-4-2)19-11-5-7-12(8-6-11)21-10-13(14,15)16/h5-8H,3-4,9-10H2,1-2H3. The van der Waals surface area contributed by atoms with Crippen molar-refractivity contribution in [2.24, 2.45) is 0 Å². The van der Waals surface area contributed by atoms with Crippen molar-refractivity contribution in [1.82, 2.24) is 0 Å². The zero-order valence-corrected chi connectivity index (χ0v) is 14.8. The van der Waals surface area contributed by atoms with Gasteiger partial charge in [-0.1, -0.05) is 6.92 Å². The van der Waals surface area contributed by atoms with E-state index in [9.17, 15) is 17.7 Å². The molecule has 0 spiro atoms. The average molecular weight is 374 g/mol. The third-order valence-corrected chi connectivity index (χ3v) is 7.21. The Morgan fingerprint density at radius 2 is 1.82 bits per heavy atom. The zero-order valence-electron chi connectivity index (χ0n) is 12.3. The van der Waals surface area contributed by atoms with E-state index in [0.717, 1.165) is 17.8 Å². The van der Waals surface area contributed by atoms with Gasteiger partial charge in [0.1, 0.15) is 5.75 Å². The number of benzene rings is 1. The number of halogens is 3. The summed E-state index contributed by atoms with van der Waals surface area (Å²) >= 11 is 1.81. The first kappa shape index (κ1) is 19.7. The Hall–Kier alpha value is -0.300. The molecule has 1 aromatic carbocycles. The smallest absolute Gasteiger partial charge is 0.417 e. The summed E-state index contributed by atoms with van der Waals surface area (Å²) in [5.41, 5.74) is 0. The first-order chi connectivity index (χ1) is 10.3. The molecule has 0 N–H and O–H groups in total. The van der Waals surface area contributed by atoms with E-state index in [-0.39, 0.29) is 6.61 Å². The van der Waals surface area contributed by atoms with Crippen LogP contribution >= 0.6 is 29.9 Å². The zero-order chi connectivity index (χ0) is 16.6. The molecule has 1 atom stereocenters. The fraction of sp³-hybridized carbons (Fsp3) is 0.538. The summed E-state index contributed by atoms with van der Waals surface area (Å²) in [4.78, 5) is 0.470. The second kappa shape index (κ2) is 9.11. The maximum atomic E-state index is 12.4. The van der Waals surface area contributed by atoms with Gasteiger partial charge in [0, 0.05) is 10.6 Å². The van der Waals surface area contributed by atoms with Crippen LogP contribution in [-0.2, 0) is 9.09 Å². The Morgan fingerprint density at radius 3 is 2.32 bits per heavy atom. The molecule has 0 aliphatic rings. The van der Waals surface area contributed by atoms with Gasteiger partial charge in [0.2, 0.25) is 0 Å². The van der Waals surface area contributed by atoms with E-state index in [1.807, 2.05) is 6.92 Å². The first-order valence-corrected chi connectivity index (χ1v) is 10.8. The maximum Gasteiger partial charge on any atom is 0.440 e. The summed E-state index contributed by atoms with van der Waals surface area (Å²) in [7, 11) is 0. The van der Waals surface area contributed by atoms with Gasteiger partial charge in [0.05, 0.1) is 12.4 Å². The lowest BCUT2D eigenvalue weighted by atomic mass is 10.3. The molecule has 1 unspecified atom stereocenters. The number of alkyl halides is 3. The van der Waals surface area contributed by atoms with Crippen LogP contribution in [0.2, 0.25) is 0 Å². The molecule has 0 bridgehead atoms. The summed E-state index contributed by atoms with van der Waals surface area (Å²) in [5.74, 6) is 0.00471. The quantitative estimate of drug-likeness (QED) is 0.391. The lowest BCUT2D eigenvalue weighted by Crippen LogP contribution is -2.10. The lowest BCUT2D eigenvalue weighted by Gasteiger charge is -2.17. The van der Waals surface area contributed by atoms with E-state index in [2.05, 4.69) is 0 Å². The van der Waals surface area contributed by atoms with Gasteiger partial charge < -0.3 is 4.52 Å². The number of hydrogen-bond acceptors (Lipinski definition) is 5. The number of rotatable bonds is 9. The minimum absolute atomic E-state index is 0.257. The fourth-order valence-corrected chi connectivity index (χ4v) is 5.46. The molecule has 0 saturated carbocycles. The Balaban J connectivity index is 2.66. The van der Waals surface area contributed by atoms with Gasteiger partial charge in [-0.3, -0.25) is 4.52 Å². The van der Waals surface area contributed by atoms with Crippen LogP contribution in [0.3, 0.4) is 0 Å². The normalized spacial score (nSPS) is 14.6. The predicted molar refractivity (Wildman–Crippen MR) is 85.8 cm³/mol. The van der Waals surface area contributed by atoms with Crippen LogP contribution in [0.1, 0.15) is 20.3 Å². The molecule has 1 rings (SSSR count). The Bertz CT molecular complexity index is 494. The van der Waals surface area contributed by atoms with E-state index >= 15 is 0 Å². The molecule has 0 aromatic heterocycles. The maximum absolute atomic E-state index is 12.4. The third kappa shape index (κ3) is 7.81. The van der Waals surface area contributed by atoms with Crippen LogP contribution in [0.4, 0.5) is 13.2 Å². The van der Waals surface area contributed by atoms with Gasteiger partial charge in [-0.2, -0.15) is 13.2 Å². The monoisotopic (exact) mass is 374 g/mol. The van der Waals surface area contributed by atoms with Gasteiger partial charge >= 0.3 is 13.0 Å². The summed E-state index contributed by atoms with van der Waals surface area (Å²) in [6.07, 6.45) is -3.38. The molecule has 1 aromatic rings. The second-order valence-electron chi connectivity index (χ2n) is 4.16. The highest BCUT2D eigenvalue weighted by Gasteiger charge is 2.28. The van der Waals surface area contributed by atoms with Crippen molar-refractivity contribution in [2.45, 2.75) is 31.3 Å². The molecule has 0 aliphatic heterocycles. The molecule has 0 aliphatic carbocycles. The first-order valence-electron chi connectivity index (χ1n) is 6.66. The Morgan fingerprint density at radius 1 is 1.18 bits per heavy atom. The van der Waals surface area contributed by atoms with E-state index < -0.39 is 18.7 Å². The molecule has 9 heteroatoms. The minimum atomic E-state index is -4.21. The lowest BCUT2D eigenvalue weighted by molar-refractivity contribution is -0.105. The van der Waals surface area contributed by atoms with Crippen LogP contribution in [0.15, 0.2) is 29.2 Å². The van der Waals surface area contributed by atoms with Gasteiger partial charge in [-0.05, 0) is 49.0 Å². The van der Waals surface area contributed by atoms with Crippen LogP contribution < -0.4 is 4.52 Å². The molecule has 0 heterocycles. The summed E-state index contributed by atoms with van der Waals surface area (Å²) in [6, 6.07) is 6.01. The van der Waals surface area contributed by atoms with Crippen LogP contribution in [-0.4, -0.2) is 24.3 Å². The highest BCUT2D eigenvalue weighted by Crippen LogP contribution is 2.60. The van der Waals surface area contributed by atoms with Crippen molar-refractivity contribution >= 4 is 29.9 Å². The van der Waals surface area contributed by atoms with Gasteiger partial charge in [-0.25, -0.2) is 4.57 Å². The predicted octanol–water partition coefficient (Wildman–Crippen LogP) is 6.01. The molecule has 22 heavy (non-hydrogen) atoms. The molecule has 0 radical (unpaired) electrons. The van der Waals surface area contributed by atoms with Gasteiger partial charge in [0.15, 0.2) is 0 Å². The largest absolute Gasteiger partial charge is 0.440 e. The molecular weight excluding hydrogens is 356 g/mol. The van der Waals surface area contributed by atoms with Crippen molar-refractivity contribution in [1.29, 1.82) is 0 Å². The highest BCUT2D eigenvalue weighted by atomic mass is 32.7. The van der Waals surface area contributed by atoms with Crippen LogP contribution in [0, 0.1) is 0 Å². The van der Waals surface area contributed by atoms with Crippen molar-refractivity contribution in [2.75, 3.05) is 18.1 Å². The number of thioether (sulfide) groups is 1. The van der Waals surface area contributed by atoms with Gasteiger partial charge in [0.25, 0.3) is 0 Å². The number of hydrogen-bond donors (Lipinski definition) is 0. The van der Waals surface area contributed by atoms with Crippen molar-refractivity contribution < 1.29 is 26.8 Å². The third-order valence-electron chi connectivity index (χ3n) is 2.18. The van der Waals surface area contributed by atoms with Crippen molar-refractivity contribution in [3.63, 3.8) is 0 Å². The van der Waals surface area contributed by atoms with Gasteiger partial charge in [-0.15, -0.1) is 11.8 Å². The second-order valence-corrected chi connectivity index (χ2v) is 9.33. The summed E-state index contributed by atoms with van der Waals surface area (Å²) in [5, 5.41) is 0. The van der Waals surface area contributed by atoms with E-state index in [1.54, 1.807) is 6.92 Å². The molecule has 0 fully saturated rings. The molecule has 126 valence electrons. The van der Waals surface area contributed by atoms with E-state index in [0.29, 0.717) is 28.2 Å². The fourth-order valence-electron chi connectivity index (χ4n) is 1.34. The van der Waals surface area contributed by atoms with E-state index in [1.165, 1.54) is 24.3 Å². The van der Waals surface area contributed by atoms with Crippen LogP contribution in [0.25, 0.3) is 0 Å². The molecular formula is C13H18F3O3PS2. The SMILES string of the molecule is CCCSP(=O)(OCC)Oc1ccc(SCC(F)(F)F)cc1. The minimum Gasteiger partial charge on any atom is -0.417 e. The summed E-state index contributed by atoms with van der Waals surface area (Å²) < 4.78 is 59.5. The molecule has 0 saturated heterocycles. The highest BCUT2D eigenvalue weighted by molar-refractivity contribution is 8.55. The van der Waals surface area contributed by atoms with Crippen LogP contribution in [0.5, 0.6) is 5.75 Å². The Kier molecular flexibility index (Phi) is 8.17. The van der Waals surface area contributed by atoms with Crippen molar-refractivity contribution in [3.05, 3.63) is 24.3 Å². The summed E-state index contributed by atoms with van der Waals surface area (Å²) in [6.45, 7) is 0.648. The molecule has 0 amide bonds. The van der Waals surface area contributed by atoms with E-state index in [4.69, 9.17) is 9.05 Å². The Labute approximate surface area is 136 Å². The molecule has 3 nitrogen and oxygen atoms in total. The van der Waals surface area contributed by atoms with Crippen molar-refractivity contribution in [3.8, 4) is 5.75 Å². The average Bonchev–Trinajstić information content (AvgIpc) is 2.44.